The van der Waals surface area contributed by atoms with Crippen LogP contribution in [0, 0.1) is 6.92 Å². The molecule has 0 aliphatic carbocycles. The standard InChI is InChI=1S/C12H15N3O/c1-3-15-11(7-10(2)14-15)9-16-12-5-4-6-13-8-12/h4-8H,3,9H2,1-2H3. The van der Waals surface area contributed by atoms with Crippen molar-refractivity contribution in [1.82, 2.24) is 14.8 Å². The first-order valence-corrected chi connectivity index (χ1v) is 5.35. The molecule has 0 radical (unpaired) electrons. The van der Waals surface area contributed by atoms with Crippen molar-refractivity contribution in [2.24, 2.45) is 0 Å². The molecule has 2 aromatic rings. The fraction of sp³-hybridized carbons (Fsp3) is 0.333. The van der Waals surface area contributed by atoms with Crippen LogP contribution in [0.1, 0.15) is 18.3 Å². The van der Waals surface area contributed by atoms with Gasteiger partial charge in [-0.15, -0.1) is 0 Å². The topological polar surface area (TPSA) is 39.9 Å². The fourth-order valence-electron chi connectivity index (χ4n) is 1.58. The molecule has 0 aliphatic rings. The predicted molar refractivity (Wildman–Crippen MR) is 61.2 cm³/mol. The first-order valence-electron chi connectivity index (χ1n) is 5.35. The largest absolute Gasteiger partial charge is 0.486 e. The molecule has 0 spiro atoms. The lowest BCUT2D eigenvalue weighted by atomic mass is 10.4. The Bertz CT molecular complexity index is 451. The SMILES string of the molecule is CCn1nc(C)cc1COc1cccnc1. The molecule has 0 bridgehead atoms. The quantitative estimate of drug-likeness (QED) is 0.788. The van der Waals surface area contributed by atoms with E-state index in [-0.39, 0.29) is 0 Å². The van der Waals surface area contributed by atoms with Crippen molar-refractivity contribution in [3.8, 4) is 5.75 Å². The van der Waals surface area contributed by atoms with Gasteiger partial charge in [0.15, 0.2) is 0 Å². The lowest BCUT2D eigenvalue weighted by Crippen LogP contribution is -2.06. The minimum atomic E-state index is 0.528. The van der Waals surface area contributed by atoms with Gasteiger partial charge in [-0.1, -0.05) is 0 Å². The first kappa shape index (κ1) is 10.7. The Morgan fingerprint density at radius 2 is 2.31 bits per heavy atom. The van der Waals surface area contributed by atoms with Gasteiger partial charge in [0.1, 0.15) is 12.4 Å². The molecule has 84 valence electrons. The van der Waals surface area contributed by atoms with Crippen molar-refractivity contribution < 1.29 is 4.74 Å². The lowest BCUT2D eigenvalue weighted by Gasteiger charge is -2.06. The summed E-state index contributed by atoms with van der Waals surface area (Å²) in [5.74, 6) is 0.781. The molecule has 0 unspecified atom stereocenters. The zero-order valence-corrected chi connectivity index (χ0v) is 9.55. The summed E-state index contributed by atoms with van der Waals surface area (Å²) in [5, 5.41) is 4.36. The molecule has 0 atom stereocenters. The van der Waals surface area contributed by atoms with Crippen LogP contribution in [-0.2, 0) is 13.2 Å². The zero-order valence-electron chi connectivity index (χ0n) is 9.55. The molecule has 0 aromatic carbocycles. The van der Waals surface area contributed by atoms with Gasteiger partial charge in [-0.05, 0) is 32.0 Å². The molecular formula is C12H15N3O. The van der Waals surface area contributed by atoms with Crippen LogP contribution < -0.4 is 4.74 Å². The van der Waals surface area contributed by atoms with E-state index < -0.39 is 0 Å². The highest BCUT2D eigenvalue weighted by atomic mass is 16.5. The van der Waals surface area contributed by atoms with Crippen LogP contribution in [0.3, 0.4) is 0 Å². The monoisotopic (exact) mass is 217 g/mol. The van der Waals surface area contributed by atoms with E-state index in [1.807, 2.05) is 29.8 Å². The Morgan fingerprint density at radius 3 is 3.00 bits per heavy atom. The number of hydrogen-bond acceptors (Lipinski definition) is 3. The maximum atomic E-state index is 5.62. The average molecular weight is 217 g/mol. The van der Waals surface area contributed by atoms with E-state index in [9.17, 15) is 0 Å². The van der Waals surface area contributed by atoms with Crippen molar-refractivity contribution in [3.63, 3.8) is 0 Å². The maximum absolute atomic E-state index is 5.62. The van der Waals surface area contributed by atoms with Crippen LogP contribution in [-0.4, -0.2) is 14.8 Å². The summed E-state index contributed by atoms with van der Waals surface area (Å²) < 4.78 is 7.57. The number of aryl methyl sites for hydroxylation is 2. The molecule has 4 heteroatoms. The van der Waals surface area contributed by atoms with Gasteiger partial charge >= 0.3 is 0 Å². The van der Waals surface area contributed by atoms with E-state index in [1.54, 1.807) is 12.4 Å². The Morgan fingerprint density at radius 1 is 1.44 bits per heavy atom. The van der Waals surface area contributed by atoms with Crippen LogP contribution in [0.25, 0.3) is 0 Å². The second kappa shape index (κ2) is 4.79. The van der Waals surface area contributed by atoms with Crippen LogP contribution in [0.2, 0.25) is 0 Å². The van der Waals surface area contributed by atoms with Gasteiger partial charge in [-0.3, -0.25) is 9.67 Å². The number of aromatic nitrogens is 3. The fourth-order valence-corrected chi connectivity index (χ4v) is 1.58. The van der Waals surface area contributed by atoms with Crippen molar-refractivity contribution >= 4 is 0 Å². The lowest BCUT2D eigenvalue weighted by molar-refractivity contribution is 0.291. The van der Waals surface area contributed by atoms with E-state index in [2.05, 4.69) is 17.0 Å². The third-order valence-corrected chi connectivity index (χ3v) is 2.31. The molecule has 0 aliphatic heterocycles. The molecule has 0 saturated carbocycles. The van der Waals surface area contributed by atoms with Gasteiger partial charge in [0, 0.05) is 12.7 Å². The molecule has 2 rings (SSSR count). The van der Waals surface area contributed by atoms with Gasteiger partial charge in [0.05, 0.1) is 17.6 Å². The van der Waals surface area contributed by atoms with E-state index >= 15 is 0 Å². The van der Waals surface area contributed by atoms with Crippen molar-refractivity contribution in [2.75, 3.05) is 0 Å². The van der Waals surface area contributed by atoms with E-state index in [0.717, 1.165) is 23.7 Å². The number of rotatable bonds is 4. The Kier molecular flexibility index (Phi) is 3.19. The van der Waals surface area contributed by atoms with Crippen LogP contribution >= 0.6 is 0 Å². The Hall–Kier alpha value is -1.84. The van der Waals surface area contributed by atoms with Crippen LogP contribution in [0.5, 0.6) is 5.75 Å². The summed E-state index contributed by atoms with van der Waals surface area (Å²) in [5.41, 5.74) is 2.11. The molecule has 0 N–H and O–H groups in total. The second-order valence-electron chi connectivity index (χ2n) is 3.57. The summed E-state index contributed by atoms with van der Waals surface area (Å²) in [6.45, 7) is 5.44. The number of pyridine rings is 1. The van der Waals surface area contributed by atoms with E-state index in [1.165, 1.54) is 0 Å². The third kappa shape index (κ3) is 2.39. The second-order valence-corrected chi connectivity index (χ2v) is 3.57. The molecule has 2 aromatic heterocycles. The molecule has 0 fully saturated rings. The molecule has 0 amide bonds. The highest BCUT2D eigenvalue weighted by Gasteiger charge is 2.04. The summed E-state index contributed by atoms with van der Waals surface area (Å²) in [7, 11) is 0. The van der Waals surface area contributed by atoms with E-state index in [4.69, 9.17) is 4.74 Å². The minimum absolute atomic E-state index is 0.528. The van der Waals surface area contributed by atoms with E-state index in [0.29, 0.717) is 6.61 Å². The van der Waals surface area contributed by atoms with Crippen LogP contribution in [0.4, 0.5) is 0 Å². The minimum Gasteiger partial charge on any atom is -0.486 e. The molecular weight excluding hydrogens is 202 g/mol. The third-order valence-electron chi connectivity index (χ3n) is 2.31. The molecule has 16 heavy (non-hydrogen) atoms. The molecule has 0 saturated heterocycles. The van der Waals surface area contributed by atoms with Gasteiger partial charge in [-0.25, -0.2) is 0 Å². The highest BCUT2D eigenvalue weighted by molar-refractivity contribution is 5.16. The predicted octanol–water partition coefficient (Wildman–Crippen LogP) is 2.19. The summed E-state index contributed by atoms with van der Waals surface area (Å²) in [4.78, 5) is 4.00. The maximum Gasteiger partial charge on any atom is 0.138 e. The first-order chi connectivity index (χ1) is 7.79. The molecule has 4 nitrogen and oxygen atoms in total. The van der Waals surface area contributed by atoms with Gasteiger partial charge < -0.3 is 4.74 Å². The number of nitrogens with zero attached hydrogens (tertiary/aromatic N) is 3. The normalized spacial score (nSPS) is 10.4. The van der Waals surface area contributed by atoms with Crippen molar-refractivity contribution in [2.45, 2.75) is 27.0 Å². The summed E-state index contributed by atoms with van der Waals surface area (Å²) in [6, 6.07) is 5.80. The Balaban J connectivity index is 2.04. The van der Waals surface area contributed by atoms with Gasteiger partial charge in [0.2, 0.25) is 0 Å². The summed E-state index contributed by atoms with van der Waals surface area (Å²) in [6.07, 6.45) is 3.44. The Labute approximate surface area is 94.9 Å². The van der Waals surface area contributed by atoms with Crippen molar-refractivity contribution in [1.29, 1.82) is 0 Å². The highest BCUT2D eigenvalue weighted by Crippen LogP contribution is 2.11. The number of hydrogen-bond donors (Lipinski definition) is 0. The van der Waals surface area contributed by atoms with Crippen molar-refractivity contribution in [3.05, 3.63) is 42.0 Å². The summed E-state index contributed by atoms with van der Waals surface area (Å²) >= 11 is 0. The van der Waals surface area contributed by atoms with Gasteiger partial charge in [-0.2, -0.15) is 5.10 Å². The zero-order chi connectivity index (χ0) is 11.4. The van der Waals surface area contributed by atoms with Crippen LogP contribution in [0.15, 0.2) is 30.6 Å². The average Bonchev–Trinajstić information content (AvgIpc) is 2.68. The van der Waals surface area contributed by atoms with Gasteiger partial charge in [0.25, 0.3) is 0 Å². The smallest absolute Gasteiger partial charge is 0.138 e. The molecule has 2 heterocycles. The number of ether oxygens (including phenoxy) is 1.